The summed E-state index contributed by atoms with van der Waals surface area (Å²) in [5, 5.41) is 5.04. The predicted octanol–water partition coefficient (Wildman–Crippen LogP) is 0.707. The van der Waals surface area contributed by atoms with Crippen LogP contribution < -0.4 is 10.6 Å². The molecule has 0 saturated carbocycles. The monoisotopic (exact) mass is 227 g/mol. The van der Waals surface area contributed by atoms with Crippen LogP contribution in [0.4, 0.5) is 4.79 Å². The van der Waals surface area contributed by atoms with Crippen molar-refractivity contribution < 1.29 is 9.59 Å². The molecule has 0 aliphatic carbocycles. The highest BCUT2D eigenvalue weighted by atomic mass is 16.2. The normalized spacial score (nSPS) is 23.4. The van der Waals surface area contributed by atoms with Crippen LogP contribution in [0.2, 0.25) is 0 Å². The number of amides is 3. The van der Waals surface area contributed by atoms with E-state index in [0.29, 0.717) is 0 Å². The number of carbonyl (C=O) groups excluding carboxylic acids is 2. The molecule has 2 aliphatic heterocycles. The Bertz CT molecular complexity index is 270. The minimum absolute atomic E-state index is 0.154. The number of likely N-dealkylation sites (tertiary alicyclic amines) is 1. The second kappa shape index (κ2) is 5.30. The summed E-state index contributed by atoms with van der Waals surface area (Å²) >= 11 is 0. The Morgan fingerprint density at radius 1 is 1.25 bits per heavy atom. The zero-order valence-corrected chi connectivity index (χ0v) is 10.3. The fourth-order valence-electron chi connectivity index (χ4n) is 2.13. The lowest BCUT2D eigenvalue weighted by Gasteiger charge is -2.36. The zero-order valence-electron chi connectivity index (χ0n) is 10.3. The molecule has 2 fully saturated rings. The van der Waals surface area contributed by atoms with Gasteiger partial charge in [-0.3, -0.25) is 10.1 Å². The van der Waals surface area contributed by atoms with Gasteiger partial charge in [0.05, 0.1) is 0 Å². The van der Waals surface area contributed by atoms with E-state index in [0.717, 1.165) is 32.5 Å². The van der Waals surface area contributed by atoms with Gasteiger partial charge in [-0.2, -0.15) is 0 Å². The van der Waals surface area contributed by atoms with Crippen LogP contribution in [-0.4, -0.2) is 42.0 Å². The summed E-state index contributed by atoms with van der Waals surface area (Å²) in [5.41, 5.74) is -0.608. The van der Waals surface area contributed by atoms with Gasteiger partial charge in [0.25, 0.3) is 5.91 Å². The van der Waals surface area contributed by atoms with Crippen LogP contribution in [0.3, 0.4) is 0 Å². The maximum absolute atomic E-state index is 11.5. The van der Waals surface area contributed by atoms with Crippen LogP contribution in [0.15, 0.2) is 0 Å². The van der Waals surface area contributed by atoms with Gasteiger partial charge in [-0.15, -0.1) is 0 Å². The fraction of sp³-hybridized carbons (Fsp3) is 0.818. The Morgan fingerprint density at radius 3 is 2.19 bits per heavy atom. The van der Waals surface area contributed by atoms with Crippen molar-refractivity contribution >= 4 is 11.9 Å². The molecule has 0 aromatic heterocycles. The second-order valence-electron chi connectivity index (χ2n) is 3.92. The van der Waals surface area contributed by atoms with Gasteiger partial charge >= 0.3 is 6.03 Å². The maximum Gasteiger partial charge on any atom is 0.322 e. The van der Waals surface area contributed by atoms with Gasteiger partial charge in [-0.1, -0.05) is 20.8 Å². The minimum atomic E-state index is -0.608. The molecule has 3 amide bonds. The summed E-state index contributed by atoms with van der Waals surface area (Å²) in [6.07, 6.45) is 1.44. The highest BCUT2D eigenvalue weighted by Gasteiger charge is 2.47. The molecule has 2 rings (SSSR count). The molecule has 0 aromatic carbocycles. The smallest absolute Gasteiger partial charge is 0.322 e. The van der Waals surface area contributed by atoms with Crippen LogP contribution in [0.1, 0.15) is 33.6 Å². The topological polar surface area (TPSA) is 61.4 Å². The molecule has 0 unspecified atom stereocenters. The molecule has 0 atom stereocenters. The summed E-state index contributed by atoms with van der Waals surface area (Å²) in [6.45, 7) is 8.87. The summed E-state index contributed by atoms with van der Waals surface area (Å²) < 4.78 is 0. The van der Waals surface area contributed by atoms with E-state index in [1.807, 2.05) is 13.8 Å². The standard InChI is InChI=1S/C9H15N3O2.C2H6/c1-2-12-5-3-9(4-6-12)7(13)10-8(14)11-9;1-2/h2-6H2,1H3,(H2,10,11,13,14);1-2H3. The first-order chi connectivity index (χ1) is 7.66. The quantitative estimate of drug-likeness (QED) is 0.648. The number of nitrogens with one attached hydrogen (secondary N) is 2. The third kappa shape index (κ3) is 2.35. The molecule has 2 N–H and O–H groups in total. The second-order valence-corrected chi connectivity index (χ2v) is 3.92. The van der Waals surface area contributed by atoms with Crippen LogP contribution in [0, 0.1) is 0 Å². The molecule has 5 heteroatoms. The molecule has 5 nitrogen and oxygen atoms in total. The number of hydrogen-bond acceptors (Lipinski definition) is 3. The molecule has 2 saturated heterocycles. The molecule has 0 bridgehead atoms. The SMILES string of the molecule is CC.CCN1CCC2(CC1)NC(=O)NC2=O. The minimum Gasteiger partial charge on any atom is -0.323 e. The molecule has 2 heterocycles. The van der Waals surface area contributed by atoms with Gasteiger partial charge in [0.1, 0.15) is 5.54 Å². The Balaban J connectivity index is 0.000000606. The van der Waals surface area contributed by atoms with Crippen LogP contribution in [0.25, 0.3) is 0 Å². The molecule has 0 radical (unpaired) electrons. The predicted molar refractivity (Wildman–Crippen MR) is 62.1 cm³/mol. The van der Waals surface area contributed by atoms with E-state index < -0.39 is 5.54 Å². The van der Waals surface area contributed by atoms with Crippen molar-refractivity contribution in [3.05, 3.63) is 0 Å². The van der Waals surface area contributed by atoms with Crippen molar-refractivity contribution in [3.63, 3.8) is 0 Å². The van der Waals surface area contributed by atoms with E-state index in [9.17, 15) is 9.59 Å². The largest absolute Gasteiger partial charge is 0.323 e. The lowest BCUT2D eigenvalue weighted by molar-refractivity contribution is -0.125. The van der Waals surface area contributed by atoms with Gasteiger partial charge < -0.3 is 10.2 Å². The number of imide groups is 1. The first-order valence-corrected chi connectivity index (χ1v) is 6.02. The Morgan fingerprint density at radius 2 is 1.81 bits per heavy atom. The van der Waals surface area contributed by atoms with Crippen LogP contribution >= 0.6 is 0 Å². The molecule has 16 heavy (non-hydrogen) atoms. The van der Waals surface area contributed by atoms with Gasteiger partial charge in [-0.05, 0) is 19.4 Å². The van der Waals surface area contributed by atoms with E-state index in [1.54, 1.807) is 0 Å². The highest BCUT2D eigenvalue weighted by molar-refractivity contribution is 6.07. The van der Waals surface area contributed by atoms with Crippen molar-refractivity contribution in [1.82, 2.24) is 15.5 Å². The van der Waals surface area contributed by atoms with Crippen molar-refractivity contribution in [2.24, 2.45) is 0 Å². The summed E-state index contributed by atoms with van der Waals surface area (Å²) in [4.78, 5) is 24.8. The summed E-state index contributed by atoms with van der Waals surface area (Å²) in [6, 6.07) is -0.347. The Kier molecular flexibility index (Phi) is 4.29. The number of nitrogens with zero attached hydrogens (tertiary/aromatic N) is 1. The maximum atomic E-state index is 11.5. The van der Waals surface area contributed by atoms with Gasteiger partial charge in [0.2, 0.25) is 0 Å². The van der Waals surface area contributed by atoms with Crippen LogP contribution in [0.5, 0.6) is 0 Å². The summed E-state index contributed by atoms with van der Waals surface area (Å²) in [7, 11) is 0. The average Bonchev–Trinajstić information content (AvgIpc) is 2.58. The first kappa shape index (κ1) is 13.0. The molecular weight excluding hydrogens is 206 g/mol. The van der Waals surface area contributed by atoms with Crippen molar-refractivity contribution in [1.29, 1.82) is 0 Å². The van der Waals surface area contributed by atoms with E-state index in [1.165, 1.54) is 0 Å². The Hall–Kier alpha value is -1.10. The van der Waals surface area contributed by atoms with Gasteiger partial charge in [0, 0.05) is 13.1 Å². The lowest BCUT2D eigenvalue weighted by atomic mass is 9.88. The van der Waals surface area contributed by atoms with E-state index in [2.05, 4.69) is 22.5 Å². The fourth-order valence-corrected chi connectivity index (χ4v) is 2.13. The highest BCUT2D eigenvalue weighted by Crippen LogP contribution is 2.24. The van der Waals surface area contributed by atoms with E-state index >= 15 is 0 Å². The van der Waals surface area contributed by atoms with Crippen molar-refractivity contribution in [2.75, 3.05) is 19.6 Å². The zero-order chi connectivity index (χ0) is 12.2. The molecule has 2 aliphatic rings. The third-order valence-corrected chi connectivity index (χ3v) is 3.17. The lowest BCUT2D eigenvalue weighted by Crippen LogP contribution is -2.54. The number of piperidine rings is 1. The van der Waals surface area contributed by atoms with Gasteiger partial charge in [-0.25, -0.2) is 4.79 Å². The number of carbonyl (C=O) groups is 2. The van der Waals surface area contributed by atoms with Crippen LogP contribution in [-0.2, 0) is 4.79 Å². The average molecular weight is 227 g/mol. The van der Waals surface area contributed by atoms with Crippen molar-refractivity contribution in [3.8, 4) is 0 Å². The van der Waals surface area contributed by atoms with E-state index in [-0.39, 0.29) is 11.9 Å². The molecule has 1 spiro atoms. The number of hydrogen-bond donors (Lipinski definition) is 2. The Labute approximate surface area is 96.6 Å². The van der Waals surface area contributed by atoms with E-state index in [4.69, 9.17) is 0 Å². The molecule has 92 valence electrons. The molecular formula is C11H21N3O2. The number of rotatable bonds is 1. The molecule has 0 aromatic rings. The van der Waals surface area contributed by atoms with Gasteiger partial charge in [0.15, 0.2) is 0 Å². The first-order valence-electron chi connectivity index (χ1n) is 6.02. The van der Waals surface area contributed by atoms with Crippen molar-refractivity contribution in [2.45, 2.75) is 39.2 Å². The number of urea groups is 1. The summed E-state index contributed by atoms with van der Waals surface area (Å²) in [5.74, 6) is -0.154. The third-order valence-electron chi connectivity index (χ3n) is 3.17.